The lowest BCUT2D eigenvalue weighted by Crippen LogP contribution is -2.41. The van der Waals surface area contributed by atoms with E-state index in [-0.39, 0.29) is 36.3 Å². The average molecular weight is 667 g/mol. The Morgan fingerprint density at radius 2 is 1.39 bits per heavy atom. The van der Waals surface area contributed by atoms with Gasteiger partial charge in [-0.3, -0.25) is 14.4 Å². The molecule has 11 heteroatoms. The van der Waals surface area contributed by atoms with E-state index in [2.05, 4.69) is 41.1 Å². The van der Waals surface area contributed by atoms with Gasteiger partial charge in [-0.05, 0) is 54.3 Å². The number of benzene rings is 3. The summed E-state index contributed by atoms with van der Waals surface area (Å²) in [5, 5.41) is 3.46. The van der Waals surface area contributed by atoms with Crippen molar-refractivity contribution in [2.45, 2.75) is 63.4 Å². The van der Waals surface area contributed by atoms with Gasteiger partial charge in [-0.2, -0.15) is 0 Å². The second-order valence-electron chi connectivity index (χ2n) is 13.8. The van der Waals surface area contributed by atoms with Crippen molar-refractivity contribution in [2.24, 2.45) is 0 Å². The number of unbranched alkanes of at least 4 members (excludes halogenated alkanes) is 2. The summed E-state index contributed by atoms with van der Waals surface area (Å²) in [6.07, 6.45) is 1.76. The van der Waals surface area contributed by atoms with Crippen LogP contribution in [0.25, 0.3) is 0 Å². The van der Waals surface area contributed by atoms with Crippen molar-refractivity contribution in [3.05, 3.63) is 93.5 Å². The number of amides is 3. The van der Waals surface area contributed by atoms with Crippen molar-refractivity contribution in [3.8, 4) is 0 Å². The first-order valence-corrected chi connectivity index (χ1v) is 16.6. The molecule has 0 radical (unpaired) electrons. The molecule has 1 N–H and O–H groups in total. The van der Waals surface area contributed by atoms with E-state index in [9.17, 15) is 24.0 Å². The van der Waals surface area contributed by atoms with Crippen LogP contribution in [0.4, 0.5) is 11.4 Å². The summed E-state index contributed by atoms with van der Waals surface area (Å²) < 4.78 is 6.50. The highest BCUT2D eigenvalue weighted by molar-refractivity contribution is 6.09. The number of anilines is 2. The summed E-state index contributed by atoms with van der Waals surface area (Å²) in [7, 11) is 7.99. The number of nitrogens with zero attached hydrogens (tertiary/aromatic N) is 3. The number of rotatable bonds is 10. The van der Waals surface area contributed by atoms with Crippen LogP contribution in [-0.4, -0.2) is 69.5 Å². The Bertz CT molecular complexity index is 1800. The summed E-state index contributed by atoms with van der Waals surface area (Å²) in [5.41, 5.74) is 5.34. The molecular weight excluding hydrogens is 624 g/mol. The molecule has 11 nitrogen and oxygen atoms in total. The predicted molar refractivity (Wildman–Crippen MR) is 183 cm³/mol. The van der Waals surface area contributed by atoms with Gasteiger partial charge in [0.1, 0.15) is 0 Å². The number of imide groups is 1. The molecule has 2 aliphatic heterocycles. The van der Waals surface area contributed by atoms with Gasteiger partial charge >= 0.3 is 11.9 Å². The van der Waals surface area contributed by atoms with E-state index in [0.29, 0.717) is 36.4 Å². The maximum Gasteiger partial charge on any atom is 0.340 e. The Hall–Kier alpha value is -5.19. The Morgan fingerprint density at radius 1 is 0.796 bits per heavy atom. The molecule has 1 spiro atoms. The van der Waals surface area contributed by atoms with Crippen LogP contribution < -0.4 is 15.1 Å². The second kappa shape index (κ2) is 12.7. The van der Waals surface area contributed by atoms with Gasteiger partial charge in [0, 0.05) is 87.5 Å². The normalized spacial score (nSPS) is 16.5. The molecule has 49 heavy (non-hydrogen) atoms. The van der Waals surface area contributed by atoms with Gasteiger partial charge in [0.05, 0.1) is 11.1 Å². The van der Waals surface area contributed by atoms with Gasteiger partial charge in [0.25, 0.3) is 17.7 Å². The third-order valence-electron chi connectivity index (χ3n) is 9.82. The van der Waals surface area contributed by atoms with E-state index in [1.54, 1.807) is 12.1 Å². The number of ether oxygens (including phenoxy) is 1. The summed E-state index contributed by atoms with van der Waals surface area (Å²) in [6, 6.07) is 17.8. The maximum atomic E-state index is 13.9. The van der Waals surface area contributed by atoms with Crippen molar-refractivity contribution in [1.29, 1.82) is 0 Å². The topological polar surface area (TPSA) is 126 Å². The average Bonchev–Trinajstić information content (AvgIpc) is 3.56. The third kappa shape index (κ3) is 5.70. The minimum atomic E-state index is -1.24. The fraction of sp³-hybridized carbons (Fsp3) is 0.395. The molecule has 0 aromatic heterocycles. The number of carbonyl (C=O) groups excluding carboxylic acids is 5. The minimum Gasteiger partial charge on any atom is -0.441 e. The van der Waals surface area contributed by atoms with Gasteiger partial charge in [-0.15, -0.1) is 5.06 Å². The van der Waals surface area contributed by atoms with Gasteiger partial charge in [-0.25, -0.2) is 9.59 Å². The van der Waals surface area contributed by atoms with Gasteiger partial charge < -0.3 is 24.7 Å². The van der Waals surface area contributed by atoms with E-state index >= 15 is 0 Å². The van der Waals surface area contributed by atoms with Crippen LogP contribution in [0.15, 0.2) is 54.6 Å². The van der Waals surface area contributed by atoms with Gasteiger partial charge in [0.2, 0.25) is 0 Å². The van der Waals surface area contributed by atoms with Crippen LogP contribution in [-0.2, 0) is 35.0 Å². The molecule has 1 aliphatic carbocycles. The molecule has 1 saturated heterocycles. The Kier molecular flexibility index (Phi) is 8.72. The Morgan fingerprint density at radius 3 is 1.96 bits per heavy atom. The standard InChI is InChI=1S/C38H42N4O7/c1-37(2)29-21-23(40(3)4)14-16-26(29)38(27-17-15-24(41(5)6)22-30(27)37)28-12-10-11-25(34(28)36(47)48-38)35(46)39-20-9-7-8-13-33(45)49-42-31(43)18-19-32(42)44/h10-12,14-17,21-22H,7-9,13,18-20H2,1-6H3,(H,39,46). The number of esters is 1. The molecule has 0 saturated carbocycles. The van der Waals surface area contributed by atoms with Crippen LogP contribution in [0.1, 0.15) is 101 Å². The first kappa shape index (κ1) is 33.7. The van der Waals surface area contributed by atoms with Crippen LogP contribution in [0, 0.1) is 0 Å². The van der Waals surface area contributed by atoms with Crippen molar-refractivity contribution < 1.29 is 33.5 Å². The molecule has 3 aromatic carbocycles. The lowest BCUT2D eigenvalue weighted by Gasteiger charge is -2.45. The highest BCUT2D eigenvalue weighted by Crippen LogP contribution is 2.57. The summed E-state index contributed by atoms with van der Waals surface area (Å²) in [4.78, 5) is 71.9. The Labute approximate surface area is 286 Å². The summed E-state index contributed by atoms with van der Waals surface area (Å²) >= 11 is 0. The van der Waals surface area contributed by atoms with Gasteiger partial charge in [-0.1, -0.05) is 44.5 Å². The van der Waals surface area contributed by atoms with Crippen molar-refractivity contribution >= 4 is 41.0 Å². The van der Waals surface area contributed by atoms with Crippen LogP contribution in [0.5, 0.6) is 0 Å². The molecular formula is C38H42N4O7. The molecule has 0 atom stereocenters. The monoisotopic (exact) mass is 666 g/mol. The molecule has 1 fully saturated rings. The number of nitrogens with one attached hydrogen (secondary N) is 1. The largest absolute Gasteiger partial charge is 0.441 e. The van der Waals surface area contributed by atoms with Crippen LogP contribution in [0.2, 0.25) is 0 Å². The number of hydrogen-bond acceptors (Lipinski definition) is 9. The lowest BCUT2D eigenvalue weighted by molar-refractivity contribution is -0.197. The molecule has 2 heterocycles. The molecule has 256 valence electrons. The zero-order valence-corrected chi connectivity index (χ0v) is 28.8. The highest BCUT2D eigenvalue weighted by Gasteiger charge is 2.56. The molecule has 0 bridgehead atoms. The highest BCUT2D eigenvalue weighted by atomic mass is 16.7. The number of hydroxylamine groups is 2. The first-order chi connectivity index (χ1) is 23.3. The van der Waals surface area contributed by atoms with E-state index in [1.165, 1.54) is 0 Å². The number of hydrogen-bond donors (Lipinski definition) is 1. The molecule has 3 aliphatic rings. The smallest absolute Gasteiger partial charge is 0.340 e. The van der Waals surface area contributed by atoms with Crippen molar-refractivity contribution in [3.63, 3.8) is 0 Å². The fourth-order valence-electron chi connectivity index (χ4n) is 7.13. The van der Waals surface area contributed by atoms with Crippen LogP contribution >= 0.6 is 0 Å². The number of fused-ring (bicyclic) bond motifs is 6. The van der Waals surface area contributed by atoms with E-state index in [0.717, 1.165) is 33.6 Å². The molecule has 3 aromatic rings. The van der Waals surface area contributed by atoms with Crippen molar-refractivity contribution in [1.82, 2.24) is 10.4 Å². The van der Waals surface area contributed by atoms with Crippen LogP contribution in [0.3, 0.4) is 0 Å². The quantitative estimate of drug-likeness (QED) is 0.184. The van der Waals surface area contributed by atoms with E-state index in [4.69, 9.17) is 9.57 Å². The zero-order valence-electron chi connectivity index (χ0n) is 28.8. The predicted octanol–water partition coefficient (Wildman–Crippen LogP) is 4.82. The zero-order chi connectivity index (χ0) is 35.2. The number of carbonyl (C=O) groups is 5. The third-order valence-corrected chi connectivity index (χ3v) is 9.82. The minimum absolute atomic E-state index is 0.0386. The summed E-state index contributed by atoms with van der Waals surface area (Å²) in [5.74, 6) is -2.62. The Balaban J connectivity index is 1.25. The second-order valence-corrected chi connectivity index (χ2v) is 13.8. The fourth-order valence-corrected chi connectivity index (χ4v) is 7.13. The van der Waals surface area contributed by atoms with Crippen molar-refractivity contribution in [2.75, 3.05) is 44.5 Å². The lowest BCUT2D eigenvalue weighted by atomic mass is 9.61. The maximum absolute atomic E-state index is 13.9. The summed E-state index contributed by atoms with van der Waals surface area (Å²) in [6.45, 7) is 4.70. The van der Waals surface area contributed by atoms with E-state index < -0.39 is 34.8 Å². The first-order valence-electron chi connectivity index (χ1n) is 16.6. The SMILES string of the molecule is CN(C)c1ccc2c(c1)C(C)(C)c1cc(N(C)C)ccc1C21OC(=O)c2c(C(=O)NCCCCCC(=O)ON3C(=O)CCC3=O)cccc21. The molecule has 6 rings (SSSR count). The molecule has 0 unspecified atom stereocenters. The van der Waals surface area contributed by atoms with E-state index in [1.807, 2.05) is 58.5 Å². The molecule has 3 amide bonds. The van der Waals surface area contributed by atoms with Gasteiger partial charge in [0.15, 0.2) is 5.60 Å².